The first-order valence-corrected chi connectivity index (χ1v) is 10.5. The lowest BCUT2D eigenvalue weighted by Gasteiger charge is -2.31. The van der Waals surface area contributed by atoms with Crippen molar-refractivity contribution in [2.45, 2.75) is 45.0 Å². The van der Waals surface area contributed by atoms with Gasteiger partial charge in [-0.3, -0.25) is 14.2 Å². The van der Waals surface area contributed by atoms with Gasteiger partial charge in [0, 0.05) is 19.6 Å². The quantitative estimate of drug-likeness (QED) is 0.561. The highest BCUT2D eigenvalue weighted by Crippen LogP contribution is 2.20. The highest BCUT2D eigenvalue weighted by atomic mass is 32.2. The van der Waals surface area contributed by atoms with Crippen molar-refractivity contribution in [3.63, 3.8) is 0 Å². The fraction of sp³-hybridized carbons (Fsp3) is 0.550. The molecule has 6 nitrogen and oxygen atoms in total. The van der Waals surface area contributed by atoms with Crippen LogP contribution < -0.4 is 5.56 Å². The number of ether oxygens (including phenoxy) is 1. The molecule has 0 N–H and O–H groups in total. The zero-order chi connectivity index (χ0) is 19.4. The van der Waals surface area contributed by atoms with E-state index < -0.39 is 0 Å². The molecule has 1 aliphatic heterocycles. The topological polar surface area (TPSA) is 64.4 Å². The predicted molar refractivity (Wildman–Crippen MR) is 108 cm³/mol. The Balaban J connectivity index is 1.82. The van der Waals surface area contributed by atoms with E-state index in [9.17, 15) is 9.59 Å². The van der Waals surface area contributed by atoms with Crippen molar-refractivity contribution in [3.8, 4) is 0 Å². The van der Waals surface area contributed by atoms with Gasteiger partial charge in [-0.05, 0) is 31.4 Å². The van der Waals surface area contributed by atoms with Crippen LogP contribution in [-0.2, 0) is 16.1 Å². The number of thioether (sulfide) groups is 1. The summed E-state index contributed by atoms with van der Waals surface area (Å²) < 4.78 is 7.22. The van der Waals surface area contributed by atoms with E-state index >= 15 is 0 Å². The van der Waals surface area contributed by atoms with Gasteiger partial charge >= 0.3 is 0 Å². The first kappa shape index (κ1) is 19.9. The minimum atomic E-state index is -0.0313. The molecule has 1 atom stereocenters. The van der Waals surface area contributed by atoms with E-state index in [0.29, 0.717) is 48.2 Å². The second kappa shape index (κ2) is 8.89. The van der Waals surface area contributed by atoms with Gasteiger partial charge in [-0.2, -0.15) is 0 Å². The van der Waals surface area contributed by atoms with Crippen molar-refractivity contribution in [2.24, 2.45) is 5.92 Å². The van der Waals surface area contributed by atoms with Crippen LogP contribution >= 0.6 is 11.8 Å². The third-order valence-corrected chi connectivity index (χ3v) is 5.64. The number of para-hydroxylation sites is 1. The Morgan fingerprint density at radius 2 is 2.15 bits per heavy atom. The van der Waals surface area contributed by atoms with Gasteiger partial charge in [0.25, 0.3) is 5.56 Å². The molecule has 1 amide bonds. The summed E-state index contributed by atoms with van der Waals surface area (Å²) in [5, 5.41) is 1.24. The van der Waals surface area contributed by atoms with Crippen LogP contribution in [-0.4, -0.2) is 51.9 Å². The zero-order valence-corrected chi connectivity index (χ0v) is 17.0. The molecule has 7 heteroatoms. The van der Waals surface area contributed by atoms with Crippen molar-refractivity contribution < 1.29 is 9.53 Å². The summed E-state index contributed by atoms with van der Waals surface area (Å²) in [6.07, 6.45) is 0.957. The van der Waals surface area contributed by atoms with Crippen molar-refractivity contribution in [3.05, 3.63) is 34.6 Å². The molecule has 146 valence electrons. The molecule has 1 aromatic heterocycles. The lowest BCUT2D eigenvalue weighted by molar-refractivity contribution is -0.135. The molecule has 0 aliphatic carbocycles. The van der Waals surface area contributed by atoms with E-state index in [-0.39, 0.29) is 23.3 Å². The number of carbonyl (C=O) groups is 1. The molecule has 1 fully saturated rings. The lowest BCUT2D eigenvalue weighted by atomic mass is 10.1. The summed E-state index contributed by atoms with van der Waals surface area (Å²) in [6.45, 7) is 8.66. The first-order chi connectivity index (χ1) is 13.0. The predicted octanol–water partition coefficient (Wildman–Crippen LogP) is 2.78. The van der Waals surface area contributed by atoms with Crippen LogP contribution in [0.4, 0.5) is 0 Å². The molecule has 0 radical (unpaired) electrons. The average molecular weight is 390 g/mol. The molecule has 2 aromatic rings. The number of morpholine rings is 1. The Kier molecular flexibility index (Phi) is 6.55. The van der Waals surface area contributed by atoms with Gasteiger partial charge in [0.2, 0.25) is 5.91 Å². The average Bonchev–Trinajstić information content (AvgIpc) is 2.65. The standard InChI is InChI=1S/C20H27N3O3S/c1-14(2)8-9-23-19(25)16-6-4-5-7-17(16)21-20(23)27-13-18(24)22-10-11-26-15(3)12-22/h4-7,14-15H,8-13H2,1-3H3. The van der Waals surface area contributed by atoms with Crippen LogP contribution in [0, 0.1) is 5.92 Å². The van der Waals surface area contributed by atoms with Gasteiger partial charge in [0.1, 0.15) is 0 Å². The lowest BCUT2D eigenvalue weighted by Crippen LogP contribution is -2.45. The van der Waals surface area contributed by atoms with E-state index in [1.54, 1.807) is 4.57 Å². The normalized spacial score (nSPS) is 17.6. The Bertz CT molecular complexity index is 865. The summed E-state index contributed by atoms with van der Waals surface area (Å²) in [4.78, 5) is 32.0. The molecular formula is C20H27N3O3S. The zero-order valence-electron chi connectivity index (χ0n) is 16.2. The van der Waals surface area contributed by atoms with Crippen LogP contribution in [0.15, 0.2) is 34.2 Å². The maximum Gasteiger partial charge on any atom is 0.262 e. The number of benzene rings is 1. The number of hydrogen-bond acceptors (Lipinski definition) is 5. The number of rotatable bonds is 6. The Morgan fingerprint density at radius 1 is 1.37 bits per heavy atom. The van der Waals surface area contributed by atoms with Gasteiger partial charge < -0.3 is 9.64 Å². The first-order valence-electron chi connectivity index (χ1n) is 9.47. The van der Waals surface area contributed by atoms with Crippen LogP contribution in [0.2, 0.25) is 0 Å². The summed E-state index contributed by atoms with van der Waals surface area (Å²) in [6, 6.07) is 7.39. The van der Waals surface area contributed by atoms with Gasteiger partial charge in [-0.25, -0.2) is 4.98 Å². The molecule has 1 aliphatic rings. The largest absolute Gasteiger partial charge is 0.375 e. The molecule has 0 bridgehead atoms. The van der Waals surface area contributed by atoms with Gasteiger partial charge in [0.15, 0.2) is 5.16 Å². The molecule has 0 saturated carbocycles. The van der Waals surface area contributed by atoms with Crippen molar-refractivity contribution in [2.75, 3.05) is 25.4 Å². The fourth-order valence-electron chi connectivity index (χ4n) is 3.10. The molecule has 2 heterocycles. The maximum atomic E-state index is 12.9. The van der Waals surface area contributed by atoms with Crippen molar-refractivity contribution in [1.29, 1.82) is 0 Å². The second-order valence-corrected chi connectivity index (χ2v) is 8.30. The highest BCUT2D eigenvalue weighted by Gasteiger charge is 2.22. The summed E-state index contributed by atoms with van der Waals surface area (Å²) in [7, 11) is 0. The van der Waals surface area contributed by atoms with E-state index in [4.69, 9.17) is 4.74 Å². The van der Waals surface area contributed by atoms with Crippen LogP contribution in [0.25, 0.3) is 10.9 Å². The molecule has 1 aromatic carbocycles. The Labute approximate surface area is 163 Å². The molecule has 27 heavy (non-hydrogen) atoms. The van der Waals surface area contributed by atoms with E-state index in [1.165, 1.54) is 11.8 Å². The monoisotopic (exact) mass is 389 g/mol. The fourth-order valence-corrected chi connectivity index (χ4v) is 4.03. The molecular weight excluding hydrogens is 362 g/mol. The van der Waals surface area contributed by atoms with E-state index in [0.717, 1.165) is 6.42 Å². The van der Waals surface area contributed by atoms with Gasteiger partial charge in [-0.1, -0.05) is 37.7 Å². The van der Waals surface area contributed by atoms with Gasteiger partial charge in [-0.15, -0.1) is 0 Å². The third-order valence-electron chi connectivity index (χ3n) is 4.68. The number of hydrogen-bond donors (Lipinski definition) is 0. The van der Waals surface area contributed by atoms with Crippen LogP contribution in [0.3, 0.4) is 0 Å². The third kappa shape index (κ3) is 4.90. The maximum absolute atomic E-state index is 12.9. The summed E-state index contributed by atoms with van der Waals surface area (Å²) in [5.41, 5.74) is 0.648. The molecule has 3 rings (SSSR count). The van der Waals surface area contributed by atoms with Crippen LogP contribution in [0.1, 0.15) is 27.2 Å². The number of aromatic nitrogens is 2. The number of amides is 1. The number of carbonyl (C=O) groups excluding carboxylic acids is 1. The molecule has 0 spiro atoms. The molecule has 1 saturated heterocycles. The van der Waals surface area contributed by atoms with E-state index in [1.807, 2.05) is 36.1 Å². The second-order valence-electron chi connectivity index (χ2n) is 7.36. The number of nitrogens with zero attached hydrogens (tertiary/aromatic N) is 3. The minimum Gasteiger partial charge on any atom is -0.375 e. The van der Waals surface area contributed by atoms with Crippen molar-refractivity contribution >= 4 is 28.6 Å². The SMILES string of the molecule is CC(C)CCn1c(SCC(=O)N2CCOC(C)C2)nc2ccccc2c1=O. The summed E-state index contributed by atoms with van der Waals surface area (Å²) >= 11 is 1.35. The Morgan fingerprint density at radius 3 is 2.89 bits per heavy atom. The minimum absolute atomic E-state index is 0.0313. The number of fused-ring (bicyclic) bond motifs is 1. The Hall–Kier alpha value is -1.86. The van der Waals surface area contributed by atoms with Crippen LogP contribution in [0.5, 0.6) is 0 Å². The van der Waals surface area contributed by atoms with E-state index in [2.05, 4.69) is 18.8 Å². The smallest absolute Gasteiger partial charge is 0.262 e. The van der Waals surface area contributed by atoms with Gasteiger partial charge in [0.05, 0.1) is 29.4 Å². The highest BCUT2D eigenvalue weighted by molar-refractivity contribution is 7.99. The summed E-state index contributed by atoms with van der Waals surface area (Å²) in [5.74, 6) is 0.824. The molecule has 1 unspecified atom stereocenters. The van der Waals surface area contributed by atoms with Crippen molar-refractivity contribution in [1.82, 2.24) is 14.5 Å².